The van der Waals surface area contributed by atoms with E-state index in [9.17, 15) is 0 Å². The molecule has 0 saturated carbocycles. The van der Waals surface area contributed by atoms with E-state index in [1.807, 2.05) is 18.2 Å². The van der Waals surface area contributed by atoms with Gasteiger partial charge in [0.2, 0.25) is 0 Å². The van der Waals surface area contributed by atoms with E-state index in [1.54, 1.807) is 0 Å². The predicted molar refractivity (Wildman–Crippen MR) is 231 cm³/mol. The van der Waals surface area contributed by atoms with Crippen molar-refractivity contribution >= 4 is 26.1 Å². The Hall–Kier alpha value is -3.49. The minimum Gasteiger partial charge on any atom is -0.385 e. The van der Waals surface area contributed by atoms with Gasteiger partial charge in [-0.15, -0.1) is 0 Å². The predicted octanol–water partition coefficient (Wildman–Crippen LogP) is 15.0. The Morgan fingerprint density at radius 2 is 0.528 bits per heavy atom. The zero-order valence-electron chi connectivity index (χ0n) is 36.4. The molecular weight excluding hydrogens is 671 g/mol. The third kappa shape index (κ3) is 10.2. The van der Waals surface area contributed by atoms with Crippen LogP contribution in [0.25, 0.3) is 18.2 Å². The first-order valence-corrected chi connectivity index (χ1v) is 20.4. The van der Waals surface area contributed by atoms with Gasteiger partial charge < -0.3 is 13.6 Å². The van der Waals surface area contributed by atoms with Gasteiger partial charge in [-0.1, -0.05) is 163 Å². The molecule has 0 aromatic heterocycles. The van der Waals surface area contributed by atoms with Crippen LogP contribution in [0.5, 0.6) is 17.2 Å². The minimum absolute atomic E-state index is 0.392. The molecule has 290 valence electrons. The first kappa shape index (κ1) is 43.9. The van der Waals surface area contributed by atoms with E-state index in [2.05, 4.69) is 181 Å². The van der Waals surface area contributed by atoms with Crippen molar-refractivity contribution in [3.05, 3.63) is 106 Å². The molecule has 53 heavy (non-hydrogen) atoms. The Bertz CT molecular complexity index is 1590. The van der Waals surface area contributed by atoms with Crippen molar-refractivity contribution in [3.8, 4) is 17.2 Å². The lowest BCUT2D eigenvalue weighted by atomic mass is 9.78. The Morgan fingerprint density at radius 1 is 0.377 bits per heavy atom. The molecule has 0 unspecified atom stereocenters. The second-order valence-corrected chi connectivity index (χ2v) is 22.1. The van der Waals surface area contributed by atoms with Crippen molar-refractivity contribution in [2.45, 2.75) is 157 Å². The molecule has 0 atom stereocenters. The number of phosphoric acid groups is 1. The molecule has 3 rings (SSSR count). The normalized spacial score (nSPS) is 13.4. The van der Waals surface area contributed by atoms with Crippen LogP contribution in [0.1, 0.15) is 175 Å². The van der Waals surface area contributed by atoms with E-state index in [0.29, 0.717) is 17.2 Å². The van der Waals surface area contributed by atoms with Crippen LogP contribution in [-0.2, 0) is 37.1 Å². The molecule has 0 saturated heterocycles. The molecule has 0 aliphatic heterocycles. The molecule has 3 aromatic carbocycles. The number of phosphoric ester groups is 1. The van der Waals surface area contributed by atoms with Crippen LogP contribution in [-0.4, -0.2) is 0 Å². The minimum atomic E-state index is -4.61. The van der Waals surface area contributed by atoms with E-state index in [4.69, 9.17) is 13.6 Å². The van der Waals surface area contributed by atoms with Gasteiger partial charge in [-0.3, -0.25) is 0 Å². The molecule has 0 spiro atoms. The largest absolute Gasteiger partial charge is 0.647 e. The summed E-state index contributed by atoms with van der Waals surface area (Å²) in [5.41, 5.74) is 5.83. The van der Waals surface area contributed by atoms with Gasteiger partial charge in [0.05, 0.1) is 0 Å². The van der Waals surface area contributed by atoms with Crippen molar-refractivity contribution in [1.29, 1.82) is 0 Å². The van der Waals surface area contributed by atoms with E-state index in [1.165, 1.54) is 0 Å². The summed E-state index contributed by atoms with van der Waals surface area (Å²) in [5.74, 6) is 1.48. The monoisotopic (exact) mass is 740 g/mol. The Labute approximate surface area is 323 Å². The lowest BCUT2D eigenvalue weighted by Gasteiger charge is -2.35. The van der Waals surface area contributed by atoms with E-state index >= 15 is 4.57 Å². The number of rotatable bonds is 9. The molecule has 0 aliphatic carbocycles. The third-order valence-corrected chi connectivity index (χ3v) is 10.7. The van der Waals surface area contributed by atoms with E-state index in [0.717, 1.165) is 50.1 Å². The maximum absolute atomic E-state index is 16.3. The highest BCUT2D eigenvalue weighted by atomic mass is 31.2. The molecule has 3 aromatic rings. The fraction of sp³-hybridized carbons (Fsp3) is 0.500. The summed E-state index contributed by atoms with van der Waals surface area (Å²) in [6.45, 7) is 50.7. The van der Waals surface area contributed by atoms with E-state index < -0.39 is 40.3 Å². The highest BCUT2D eigenvalue weighted by Gasteiger charge is 2.43. The molecule has 0 fully saturated rings. The van der Waals surface area contributed by atoms with Crippen LogP contribution in [0, 0.1) is 0 Å². The third-order valence-electron chi connectivity index (χ3n) is 9.50. The maximum atomic E-state index is 16.3. The topological polar surface area (TPSA) is 44.8 Å². The molecule has 0 radical (unpaired) electrons. The van der Waals surface area contributed by atoms with Crippen LogP contribution in [0.4, 0.5) is 0 Å². The summed E-state index contributed by atoms with van der Waals surface area (Å²) in [4.78, 5) is 0. The fourth-order valence-corrected chi connectivity index (χ4v) is 7.71. The maximum Gasteiger partial charge on any atom is 0.647 e. The highest BCUT2D eigenvalue weighted by Crippen LogP contribution is 2.59. The smallest absolute Gasteiger partial charge is 0.385 e. The Balaban J connectivity index is 2.65. The molecule has 0 N–H and O–H groups in total. The quantitative estimate of drug-likeness (QED) is 0.205. The number of hydrogen-bond acceptors (Lipinski definition) is 4. The van der Waals surface area contributed by atoms with Crippen molar-refractivity contribution in [2.75, 3.05) is 0 Å². The molecule has 4 nitrogen and oxygen atoms in total. The molecule has 5 heteroatoms. The van der Waals surface area contributed by atoms with Crippen molar-refractivity contribution < 1.29 is 18.1 Å². The average Bonchev–Trinajstić information content (AvgIpc) is 2.97. The van der Waals surface area contributed by atoms with Crippen molar-refractivity contribution in [2.24, 2.45) is 0 Å². The zero-order valence-corrected chi connectivity index (χ0v) is 37.3. The van der Waals surface area contributed by atoms with Crippen LogP contribution in [0.15, 0.2) is 56.1 Å². The number of hydrogen-bond donors (Lipinski definition) is 0. The summed E-state index contributed by atoms with van der Waals surface area (Å²) < 4.78 is 37.5. The summed E-state index contributed by atoms with van der Waals surface area (Å²) in [5, 5.41) is 0. The van der Waals surface area contributed by atoms with Gasteiger partial charge in [-0.25, -0.2) is 0 Å². The van der Waals surface area contributed by atoms with E-state index in [-0.39, 0.29) is 0 Å². The zero-order chi connectivity index (χ0) is 40.9. The number of benzene rings is 3. The SMILES string of the molecule is C=Cc1cc(C(C)(C)C)c(OP(=O)(Oc2c(C(C)(C)C)cc(C=C)cc2C(C)(C)C)Oc2c(C(C)(C)C)cc(C=C)cc2C(C)(C)C)c(C(C)(C)C)c1. The molecule has 0 bridgehead atoms. The molecule has 0 aliphatic rings. The van der Waals surface area contributed by atoms with Gasteiger partial charge in [0, 0.05) is 33.4 Å². The van der Waals surface area contributed by atoms with Crippen LogP contribution < -0.4 is 13.6 Å². The second kappa shape index (κ2) is 14.6. The standard InChI is InChI=1S/C48H69O4P/c1-22-31-25-34(43(4,5)6)40(35(26-31)44(7,8)9)50-53(49,51-41-36(45(10,11)12)27-32(23-2)28-37(41)46(13,14)15)52-42-38(47(16,17)18)29-33(24-3)30-39(42)48(19,20)21/h22-30H,1-3H2,4-21H3. The first-order chi connectivity index (χ1) is 23.8. The second-order valence-electron chi connectivity index (χ2n) is 20.7. The first-order valence-electron chi connectivity index (χ1n) is 18.9. The van der Waals surface area contributed by atoms with Crippen molar-refractivity contribution in [3.63, 3.8) is 0 Å². The fourth-order valence-electron chi connectivity index (χ4n) is 6.34. The lowest BCUT2D eigenvalue weighted by Crippen LogP contribution is -2.24. The lowest BCUT2D eigenvalue weighted by molar-refractivity contribution is 0.283. The van der Waals surface area contributed by atoms with Gasteiger partial charge in [0.15, 0.2) is 0 Å². The summed E-state index contributed by atoms with van der Waals surface area (Å²) in [6, 6.07) is 12.4. The van der Waals surface area contributed by atoms with Crippen molar-refractivity contribution in [1.82, 2.24) is 0 Å². The summed E-state index contributed by atoms with van der Waals surface area (Å²) >= 11 is 0. The summed E-state index contributed by atoms with van der Waals surface area (Å²) in [7, 11) is -4.61. The summed E-state index contributed by atoms with van der Waals surface area (Å²) in [6.07, 6.45) is 5.54. The van der Waals surface area contributed by atoms with Gasteiger partial charge in [-0.2, -0.15) is 4.57 Å². The van der Waals surface area contributed by atoms with Crippen LogP contribution in [0.3, 0.4) is 0 Å². The van der Waals surface area contributed by atoms with Crippen LogP contribution in [0.2, 0.25) is 0 Å². The Morgan fingerprint density at radius 3 is 0.642 bits per heavy atom. The molecule has 0 amide bonds. The van der Waals surface area contributed by atoms with Crippen LogP contribution >= 0.6 is 7.82 Å². The van der Waals surface area contributed by atoms with Gasteiger partial charge >= 0.3 is 7.82 Å². The Kier molecular flexibility index (Phi) is 12.1. The van der Waals surface area contributed by atoms with Gasteiger partial charge in [0.25, 0.3) is 0 Å². The molecular formula is C48H69O4P. The molecule has 0 heterocycles. The average molecular weight is 741 g/mol. The highest BCUT2D eigenvalue weighted by molar-refractivity contribution is 7.49. The van der Waals surface area contributed by atoms with Gasteiger partial charge in [-0.05, 0) is 85.6 Å². The van der Waals surface area contributed by atoms with Gasteiger partial charge in [0.1, 0.15) is 17.2 Å².